The van der Waals surface area contributed by atoms with Crippen LogP contribution in [0, 0.1) is 0 Å². The molecular weight excluding hydrogens is 258 g/mol. The summed E-state index contributed by atoms with van der Waals surface area (Å²) in [5.41, 5.74) is 3.37. The summed E-state index contributed by atoms with van der Waals surface area (Å²) in [6, 6.07) is 6.20. The van der Waals surface area contributed by atoms with Crippen molar-refractivity contribution in [3.8, 4) is 11.1 Å². The fourth-order valence-electron chi connectivity index (χ4n) is 1.99. The molecule has 0 amide bonds. The van der Waals surface area contributed by atoms with Crippen LogP contribution in [0.4, 0.5) is 0 Å². The van der Waals surface area contributed by atoms with Crippen LogP contribution in [0.5, 0.6) is 0 Å². The van der Waals surface area contributed by atoms with E-state index in [-0.39, 0.29) is 0 Å². The van der Waals surface area contributed by atoms with Crippen LogP contribution in [0.2, 0.25) is 5.02 Å². The molecule has 1 heterocycles. The molecular formula is C15H20ClN3. The van der Waals surface area contributed by atoms with Crippen molar-refractivity contribution in [1.29, 1.82) is 0 Å². The van der Waals surface area contributed by atoms with E-state index in [1.54, 1.807) is 0 Å². The molecule has 0 radical (unpaired) electrons. The van der Waals surface area contributed by atoms with E-state index in [2.05, 4.69) is 42.6 Å². The van der Waals surface area contributed by atoms with Crippen molar-refractivity contribution in [3.63, 3.8) is 0 Å². The van der Waals surface area contributed by atoms with Crippen LogP contribution < -0.4 is 5.32 Å². The van der Waals surface area contributed by atoms with Crippen LogP contribution in [-0.2, 0) is 13.1 Å². The summed E-state index contributed by atoms with van der Waals surface area (Å²) < 4.78 is 1.97. The Morgan fingerprint density at radius 3 is 2.79 bits per heavy atom. The maximum Gasteiger partial charge on any atom is 0.0568 e. The number of benzene rings is 1. The van der Waals surface area contributed by atoms with E-state index in [0.29, 0.717) is 0 Å². The molecule has 0 spiro atoms. The highest BCUT2D eigenvalue weighted by Crippen LogP contribution is 2.25. The van der Waals surface area contributed by atoms with E-state index in [4.69, 9.17) is 11.6 Å². The molecule has 0 aliphatic heterocycles. The molecule has 1 aromatic carbocycles. The topological polar surface area (TPSA) is 29.9 Å². The molecule has 0 aliphatic carbocycles. The van der Waals surface area contributed by atoms with Crippen LogP contribution in [0.15, 0.2) is 30.6 Å². The molecule has 0 saturated heterocycles. The van der Waals surface area contributed by atoms with Crippen molar-refractivity contribution in [1.82, 2.24) is 15.1 Å². The highest BCUT2D eigenvalue weighted by Gasteiger charge is 2.05. The van der Waals surface area contributed by atoms with Gasteiger partial charge in [-0.3, -0.25) is 4.68 Å². The molecule has 1 aromatic heterocycles. The number of hydrogen-bond donors (Lipinski definition) is 1. The fraction of sp³-hybridized carbons (Fsp3) is 0.400. The summed E-state index contributed by atoms with van der Waals surface area (Å²) >= 11 is 6.32. The molecule has 1 N–H and O–H groups in total. The molecule has 0 unspecified atom stereocenters. The first-order valence-corrected chi connectivity index (χ1v) is 7.14. The number of aromatic nitrogens is 2. The van der Waals surface area contributed by atoms with Crippen molar-refractivity contribution in [3.05, 3.63) is 41.2 Å². The lowest BCUT2D eigenvalue weighted by Gasteiger charge is -2.06. The van der Waals surface area contributed by atoms with Gasteiger partial charge in [-0.1, -0.05) is 37.6 Å². The van der Waals surface area contributed by atoms with Gasteiger partial charge in [-0.15, -0.1) is 0 Å². The molecule has 2 rings (SSSR count). The molecule has 0 aliphatic rings. The maximum atomic E-state index is 6.32. The van der Waals surface area contributed by atoms with E-state index in [1.807, 2.05) is 16.9 Å². The Kier molecular flexibility index (Phi) is 5.00. The first kappa shape index (κ1) is 14.1. The lowest BCUT2D eigenvalue weighted by molar-refractivity contribution is 0.603. The number of rotatable bonds is 6. The number of halogens is 1. The van der Waals surface area contributed by atoms with Gasteiger partial charge in [0.25, 0.3) is 0 Å². The van der Waals surface area contributed by atoms with E-state index in [1.165, 1.54) is 0 Å². The zero-order valence-electron chi connectivity index (χ0n) is 11.5. The van der Waals surface area contributed by atoms with Gasteiger partial charge in [0.2, 0.25) is 0 Å². The third-order valence-electron chi connectivity index (χ3n) is 3.04. The predicted molar refractivity (Wildman–Crippen MR) is 80.3 cm³/mol. The van der Waals surface area contributed by atoms with Gasteiger partial charge >= 0.3 is 0 Å². The standard InChI is InChI=1S/C15H20ClN3/c1-3-7-19-11-14(10-18-19)12-5-6-13(9-17-4-2)15(16)8-12/h5-6,8,10-11,17H,3-4,7,9H2,1-2H3. The maximum absolute atomic E-state index is 6.32. The number of nitrogens with zero attached hydrogens (tertiary/aromatic N) is 2. The Morgan fingerprint density at radius 2 is 2.11 bits per heavy atom. The minimum absolute atomic E-state index is 0.807. The number of nitrogens with one attached hydrogen (secondary N) is 1. The Labute approximate surface area is 119 Å². The first-order chi connectivity index (χ1) is 9.24. The van der Waals surface area contributed by atoms with Crippen molar-refractivity contribution in [2.75, 3.05) is 6.54 Å². The smallest absolute Gasteiger partial charge is 0.0568 e. The number of hydrogen-bond acceptors (Lipinski definition) is 2. The summed E-state index contributed by atoms with van der Waals surface area (Å²) in [7, 11) is 0. The van der Waals surface area contributed by atoms with E-state index in [9.17, 15) is 0 Å². The van der Waals surface area contributed by atoms with Crippen molar-refractivity contribution < 1.29 is 0 Å². The summed E-state index contributed by atoms with van der Waals surface area (Å²) in [5.74, 6) is 0. The largest absolute Gasteiger partial charge is 0.313 e. The van der Waals surface area contributed by atoms with E-state index in [0.717, 1.165) is 47.8 Å². The normalized spacial score (nSPS) is 10.9. The van der Waals surface area contributed by atoms with Gasteiger partial charge < -0.3 is 5.32 Å². The molecule has 0 saturated carbocycles. The zero-order valence-corrected chi connectivity index (χ0v) is 12.2. The molecule has 0 bridgehead atoms. The monoisotopic (exact) mass is 277 g/mol. The van der Waals surface area contributed by atoms with Gasteiger partial charge in [0.05, 0.1) is 6.20 Å². The molecule has 0 fully saturated rings. The van der Waals surface area contributed by atoms with Crippen LogP contribution >= 0.6 is 11.6 Å². The van der Waals surface area contributed by atoms with Gasteiger partial charge in [0, 0.05) is 29.9 Å². The Morgan fingerprint density at radius 1 is 1.26 bits per heavy atom. The molecule has 19 heavy (non-hydrogen) atoms. The lowest BCUT2D eigenvalue weighted by Crippen LogP contribution is -2.11. The molecule has 3 nitrogen and oxygen atoms in total. The van der Waals surface area contributed by atoms with Gasteiger partial charge in [0.1, 0.15) is 0 Å². The van der Waals surface area contributed by atoms with Crippen LogP contribution in [0.25, 0.3) is 11.1 Å². The van der Waals surface area contributed by atoms with Crippen LogP contribution in [0.3, 0.4) is 0 Å². The molecule has 102 valence electrons. The summed E-state index contributed by atoms with van der Waals surface area (Å²) in [4.78, 5) is 0. The third kappa shape index (κ3) is 3.58. The van der Waals surface area contributed by atoms with E-state index < -0.39 is 0 Å². The van der Waals surface area contributed by atoms with Gasteiger partial charge in [0.15, 0.2) is 0 Å². The Balaban J connectivity index is 2.18. The molecule has 2 aromatic rings. The van der Waals surface area contributed by atoms with Crippen molar-refractivity contribution >= 4 is 11.6 Å². The second-order valence-corrected chi connectivity index (χ2v) is 4.99. The Hall–Kier alpha value is -1.32. The summed E-state index contributed by atoms with van der Waals surface area (Å²) in [6.45, 7) is 6.94. The molecule has 4 heteroatoms. The third-order valence-corrected chi connectivity index (χ3v) is 3.39. The molecule has 0 atom stereocenters. The van der Waals surface area contributed by atoms with E-state index >= 15 is 0 Å². The van der Waals surface area contributed by atoms with Crippen LogP contribution in [-0.4, -0.2) is 16.3 Å². The summed E-state index contributed by atoms with van der Waals surface area (Å²) in [6.07, 6.45) is 5.05. The zero-order chi connectivity index (χ0) is 13.7. The lowest BCUT2D eigenvalue weighted by atomic mass is 10.1. The number of aryl methyl sites for hydroxylation is 1. The van der Waals surface area contributed by atoms with Gasteiger partial charge in [-0.2, -0.15) is 5.10 Å². The average molecular weight is 278 g/mol. The predicted octanol–water partition coefficient (Wildman–Crippen LogP) is 3.72. The van der Waals surface area contributed by atoms with Crippen LogP contribution in [0.1, 0.15) is 25.8 Å². The fourth-order valence-corrected chi connectivity index (χ4v) is 2.24. The minimum Gasteiger partial charge on any atom is -0.313 e. The quantitative estimate of drug-likeness (QED) is 0.872. The average Bonchev–Trinajstić information content (AvgIpc) is 2.86. The van der Waals surface area contributed by atoms with Gasteiger partial charge in [-0.05, 0) is 30.2 Å². The minimum atomic E-state index is 0.807. The SMILES string of the molecule is CCCn1cc(-c2ccc(CNCC)c(Cl)c2)cn1. The first-order valence-electron chi connectivity index (χ1n) is 6.76. The second-order valence-electron chi connectivity index (χ2n) is 4.58. The second kappa shape index (κ2) is 6.73. The summed E-state index contributed by atoms with van der Waals surface area (Å²) in [5, 5.41) is 8.44. The highest BCUT2D eigenvalue weighted by atomic mass is 35.5. The Bertz CT molecular complexity index is 534. The highest BCUT2D eigenvalue weighted by molar-refractivity contribution is 6.31. The van der Waals surface area contributed by atoms with Crippen molar-refractivity contribution in [2.45, 2.75) is 33.4 Å². The van der Waals surface area contributed by atoms with Crippen molar-refractivity contribution in [2.24, 2.45) is 0 Å². The van der Waals surface area contributed by atoms with Gasteiger partial charge in [-0.25, -0.2) is 0 Å².